The summed E-state index contributed by atoms with van der Waals surface area (Å²) in [7, 11) is 0. The lowest BCUT2D eigenvalue weighted by Crippen LogP contribution is -2.29. The summed E-state index contributed by atoms with van der Waals surface area (Å²) in [6, 6.07) is 11.9. The van der Waals surface area contributed by atoms with Gasteiger partial charge in [-0.1, -0.05) is 18.2 Å². The molecular weight excluding hydrogens is 357 g/mol. The number of rotatable bonds is 5. The first-order valence-electron chi connectivity index (χ1n) is 9.45. The molecule has 3 heterocycles. The van der Waals surface area contributed by atoms with Gasteiger partial charge in [0, 0.05) is 17.7 Å². The van der Waals surface area contributed by atoms with Crippen LogP contribution in [0.2, 0.25) is 0 Å². The molecule has 7 heteroatoms. The number of nitrogens with zero attached hydrogens (tertiary/aromatic N) is 2. The molecular formula is C21H20FN5O. The number of hydrogen-bond donors (Lipinski definition) is 3. The standard InChI is InChI=1S/C21H20FN5O/c22-13-5-3-4-12(8-13)19-20(16-6-1-2-7-24-16)27-17(26-19)11-25-21(28)18-14-9-23-10-15(14)18/h1-8,14-15,18,23H,9-11H2,(H,25,28)(H,26,27)/t14-,15+,18?. The summed E-state index contributed by atoms with van der Waals surface area (Å²) in [5.74, 6) is 1.45. The van der Waals surface area contributed by atoms with Gasteiger partial charge < -0.3 is 15.6 Å². The lowest BCUT2D eigenvalue weighted by atomic mass is 10.1. The zero-order valence-corrected chi connectivity index (χ0v) is 15.2. The lowest BCUT2D eigenvalue weighted by Gasteiger charge is -2.05. The Morgan fingerprint density at radius 3 is 2.79 bits per heavy atom. The Labute approximate surface area is 161 Å². The maximum absolute atomic E-state index is 13.7. The van der Waals surface area contributed by atoms with Crippen LogP contribution in [0.3, 0.4) is 0 Å². The van der Waals surface area contributed by atoms with Gasteiger partial charge in [0.25, 0.3) is 0 Å². The number of carbonyl (C=O) groups is 1. The molecule has 1 aliphatic carbocycles. The Hall–Kier alpha value is -3.06. The summed E-state index contributed by atoms with van der Waals surface area (Å²) in [5, 5.41) is 6.29. The number of nitrogens with one attached hydrogen (secondary N) is 3. The average Bonchev–Trinajstić information content (AvgIpc) is 3.07. The van der Waals surface area contributed by atoms with Crippen molar-refractivity contribution in [1.82, 2.24) is 25.6 Å². The smallest absolute Gasteiger partial charge is 0.224 e. The SMILES string of the molecule is O=C(NCc1nc(-c2cccc(F)c2)c(-c2ccccn2)[nH]1)C1[C@H]2CNC[C@@H]12. The third kappa shape index (κ3) is 3.07. The van der Waals surface area contributed by atoms with E-state index in [1.165, 1.54) is 12.1 Å². The first-order chi connectivity index (χ1) is 13.7. The summed E-state index contributed by atoms with van der Waals surface area (Å²) in [4.78, 5) is 24.7. The predicted octanol–water partition coefficient (Wildman–Crippen LogP) is 2.36. The Morgan fingerprint density at radius 1 is 1.18 bits per heavy atom. The van der Waals surface area contributed by atoms with Crippen molar-refractivity contribution in [2.75, 3.05) is 13.1 Å². The van der Waals surface area contributed by atoms with Gasteiger partial charge in [0.2, 0.25) is 5.91 Å². The highest BCUT2D eigenvalue weighted by Gasteiger charge is 2.56. The Bertz CT molecular complexity index is 1010. The molecule has 142 valence electrons. The van der Waals surface area contributed by atoms with Gasteiger partial charge >= 0.3 is 0 Å². The molecule has 0 bridgehead atoms. The Morgan fingerprint density at radius 2 is 2.04 bits per heavy atom. The van der Waals surface area contributed by atoms with E-state index in [4.69, 9.17) is 0 Å². The van der Waals surface area contributed by atoms with Crippen molar-refractivity contribution in [3.05, 3.63) is 60.3 Å². The minimum atomic E-state index is -0.323. The van der Waals surface area contributed by atoms with E-state index in [1.807, 2.05) is 24.3 Å². The highest BCUT2D eigenvalue weighted by molar-refractivity contribution is 5.82. The minimum Gasteiger partial charge on any atom is -0.349 e. The lowest BCUT2D eigenvalue weighted by molar-refractivity contribution is -0.123. The first-order valence-corrected chi connectivity index (χ1v) is 9.45. The van der Waals surface area contributed by atoms with E-state index < -0.39 is 0 Å². The summed E-state index contributed by atoms with van der Waals surface area (Å²) >= 11 is 0. The monoisotopic (exact) mass is 377 g/mol. The number of H-pyrrole nitrogens is 1. The maximum Gasteiger partial charge on any atom is 0.224 e. The van der Waals surface area contributed by atoms with Crippen LogP contribution < -0.4 is 10.6 Å². The Kier molecular flexibility index (Phi) is 4.16. The molecule has 0 spiro atoms. The molecule has 2 aromatic heterocycles. The molecule has 1 aliphatic heterocycles. The number of imidazole rings is 1. The van der Waals surface area contributed by atoms with Crippen molar-refractivity contribution in [3.63, 3.8) is 0 Å². The molecule has 3 N–H and O–H groups in total. The molecule has 2 fully saturated rings. The van der Waals surface area contributed by atoms with Gasteiger partial charge in [0.15, 0.2) is 0 Å². The van der Waals surface area contributed by atoms with Crippen LogP contribution in [0.1, 0.15) is 5.82 Å². The van der Waals surface area contributed by atoms with Crippen molar-refractivity contribution < 1.29 is 9.18 Å². The highest BCUT2D eigenvalue weighted by Crippen LogP contribution is 2.48. The van der Waals surface area contributed by atoms with Crippen molar-refractivity contribution in [3.8, 4) is 22.6 Å². The van der Waals surface area contributed by atoms with E-state index in [-0.39, 0.29) is 17.6 Å². The average molecular weight is 377 g/mol. The molecule has 5 rings (SSSR count). The predicted molar refractivity (Wildman–Crippen MR) is 102 cm³/mol. The molecule has 3 atom stereocenters. The largest absolute Gasteiger partial charge is 0.349 e. The second-order valence-electron chi connectivity index (χ2n) is 7.36. The second-order valence-corrected chi connectivity index (χ2v) is 7.36. The number of fused-ring (bicyclic) bond motifs is 1. The van der Waals surface area contributed by atoms with Crippen LogP contribution in [0.4, 0.5) is 4.39 Å². The molecule has 3 aromatic rings. The topological polar surface area (TPSA) is 82.7 Å². The minimum absolute atomic E-state index is 0.0830. The quantitative estimate of drug-likeness (QED) is 0.638. The normalized spacial score (nSPS) is 22.7. The van der Waals surface area contributed by atoms with Gasteiger partial charge in [-0.3, -0.25) is 9.78 Å². The summed E-state index contributed by atoms with van der Waals surface area (Å²) in [6.07, 6.45) is 1.70. The highest BCUT2D eigenvalue weighted by atomic mass is 19.1. The van der Waals surface area contributed by atoms with E-state index in [9.17, 15) is 9.18 Å². The third-order valence-corrected chi connectivity index (χ3v) is 5.60. The molecule has 2 aliphatic rings. The summed E-state index contributed by atoms with van der Waals surface area (Å²) < 4.78 is 13.7. The molecule has 6 nitrogen and oxygen atoms in total. The van der Waals surface area contributed by atoms with Gasteiger partial charge in [-0.25, -0.2) is 9.37 Å². The maximum atomic E-state index is 13.7. The van der Waals surface area contributed by atoms with Crippen LogP contribution in [-0.2, 0) is 11.3 Å². The van der Waals surface area contributed by atoms with Gasteiger partial charge in [-0.2, -0.15) is 0 Å². The molecule has 1 saturated carbocycles. The van der Waals surface area contributed by atoms with Crippen molar-refractivity contribution in [2.45, 2.75) is 6.54 Å². The molecule has 1 saturated heterocycles. The van der Waals surface area contributed by atoms with E-state index in [0.717, 1.165) is 18.8 Å². The number of carbonyl (C=O) groups excluding carboxylic acids is 1. The molecule has 0 radical (unpaired) electrons. The third-order valence-electron chi connectivity index (χ3n) is 5.60. The van der Waals surface area contributed by atoms with E-state index in [0.29, 0.717) is 41.2 Å². The molecule has 1 unspecified atom stereocenters. The first kappa shape index (κ1) is 17.1. The number of benzene rings is 1. The van der Waals surface area contributed by atoms with Gasteiger partial charge in [0.05, 0.1) is 23.6 Å². The van der Waals surface area contributed by atoms with Crippen molar-refractivity contribution in [2.24, 2.45) is 17.8 Å². The number of aromatic amines is 1. The van der Waals surface area contributed by atoms with Crippen molar-refractivity contribution >= 4 is 5.91 Å². The van der Waals surface area contributed by atoms with Gasteiger partial charge in [-0.15, -0.1) is 0 Å². The zero-order chi connectivity index (χ0) is 19.1. The molecule has 1 aromatic carbocycles. The summed E-state index contributed by atoms with van der Waals surface area (Å²) in [5.41, 5.74) is 2.71. The van der Waals surface area contributed by atoms with Crippen LogP contribution in [0.15, 0.2) is 48.7 Å². The van der Waals surface area contributed by atoms with Crippen LogP contribution in [0.25, 0.3) is 22.6 Å². The van der Waals surface area contributed by atoms with Crippen LogP contribution in [0, 0.1) is 23.6 Å². The van der Waals surface area contributed by atoms with Crippen LogP contribution in [0.5, 0.6) is 0 Å². The molecule has 1 amide bonds. The number of aromatic nitrogens is 3. The zero-order valence-electron chi connectivity index (χ0n) is 15.2. The van der Waals surface area contributed by atoms with Crippen LogP contribution in [-0.4, -0.2) is 33.9 Å². The van der Waals surface area contributed by atoms with Gasteiger partial charge in [-0.05, 0) is 49.2 Å². The fourth-order valence-electron chi connectivity index (χ4n) is 4.14. The Balaban J connectivity index is 1.40. The number of hydrogen-bond acceptors (Lipinski definition) is 4. The van der Waals surface area contributed by atoms with Crippen LogP contribution >= 0.6 is 0 Å². The van der Waals surface area contributed by atoms with E-state index >= 15 is 0 Å². The fraction of sp³-hybridized carbons (Fsp3) is 0.286. The fourth-order valence-corrected chi connectivity index (χ4v) is 4.14. The van der Waals surface area contributed by atoms with Crippen molar-refractivity contribution in [1.29, 1.82) is 0 Å². The number of halogens is 1. The summed E-state index contributed by atoms with van der Waals surface area (Å²) in [6.45, 7) is 2.16. The number of piperidine rings is 1. The second kappa shape index (κ2) is 6.83. The van der Waals surface area contributed by atoms with E-state index in [2.05, 4.69) is 25.6 Å². The van der Waals surface area contributed by atoms with Gasteiger partial charge in [0.1, 0.15) is 11.6 Å². The molecule has 28 heavy (non-hydrogen) atoms. The number of pyridine rings is 1. The number of amides is 1. The van der Waals surface area contributed by atoms with E-state index in [1.54, 1.807) is 12.3 Å².